The van der Waals surface area contributed by atoms with Gasteiger partial charge in [0.2, 0.25) is 0 Å². The Morgan fingerprint density at radius 1 is 1.21 bits per heavy atom. The smallest absolute Gasteiger partial charge is 0.308 e. The Balaban J connectivity index is 2.08. The Labute approximate surface area is 181 Å². The van der Waals surface area contributed by atoms with Gasteiger partial charge in [0.15, 0.2) is 0 Å². The molecule has 5 nitrogen and oxygen atoms in total. The Morgan fingerprint density at radius 3 is 2.57 bits per heavy atom. The Bertz CT molecular complexity index is 915. The van der Waals surface area contributed by atoms with Crippen LogP contribution in [0.1, 0.15) is 35.7 Å². The topological polar surface area (TPSA) is 55.8 Å². The number of amides is 1. The number of aryl methyl sites for hydroxylation is 1. The summed E-state index contributed by atoms with van der Waals surface area (Å²) >= 11 is 6.91. The highest BCUT2D eigenvalue weighted by atomic mass is 79.9. The van der Waals surface area contributed by atoms with E-state index < -0.39 is 0 Å². The highest BCUT2D eigenvalue weighted by Gasteiger charge is 2.35. The van der Waals surface area contributed by atoms with Crippen LogP contribution < -0.4 is 9.64 Å². The standard InChI is InChI=1S/C21H21Br2NO4/c1-12-8-16(27-3)5-7-19(12)24(15-9-13(2)28-20(25)11-15)21(26)17-6-4-14(22)10-18(17)23/h4-8,10,13,15H,9,11H2,1-3H3. The fourth-order valence-corrected chi connectivity index (χ4v) is 4.68. The zero-order chi connectivity index (χ0) is 20.4. The van der Waals surface area contributed by atoms with Gasteiger partial charge in [-0.05, 0) is 71.7 Å². The van der Waals surface area contributed by atoms with Crippen LogP contribution >= 0.6 is 31.9 Å². The number of rotatable bonds is 4. The lowest BCUT2D eigenvalue weighted by molar-refractivity contribution is -0.153. The molecule has 2 unspecified atom stereocenters. The third kappa shape index (κ3) is 4.41. The number of hydrogen-bond acceptors (Lipinski definition) is 4. The van der Waals surface area contributed by atoms with Crippen LogP contribution in [0.2, 0.25) is 0 Å². The van der Waals surface area contributed by atoms with Gasteiger partial charge in [0.05, 0.1) is 25.1 Å². The van der Waals surface area contributed by atoms with Crippen molar-refractivity contribution >= 4 is 49.4 Å². The summed E-state index contributed by atoms with van der Waals surface area (Å²) in [5.41, 5.74) is 2.19. The first-order chi connectivity index (χ1) is 13.3. The third-order valence-electron chi connectivity index (χ3n) is 4.75. The Morgan fingerprint density at radius 2 is 1.96 bits per heavy atom. The number of carbonyl (C=O) groups is 2. The van der Waals surface area contributed by atoms with Crippen LogP contribution in [-0.2, 0) is 9.53 Å². The van der Waals surface area contributed by atoms with E-state index in [1.54, 1.807) is 18.1 Å². The van der Waals surface area contributed by atoms with Gasteiger partial charge < -0.3 is 14.4 Å². The average Bonchev–Trinajstić information content (AvgIpc) is 2.62. The van der Waals surface area contributed by atoms with Crippen molar-refractivity contribution in [1.29, 1.82) is 0 Å². The van der Waals surface area contributed by atoms with E-state index in [0.717, 1.165) is 21.5 Å². The van der Waals surface area contributed by atoms with Gasteiger partial charge in [-0.25, -0.2) is 0 Å². The molecule has 1 fully saturated rings. The van der Waals surface area contributed by atoms with Gasteiger partial charge in [-0.3, -0.25) is 9.59 Å². The molecule has 7 heteroatoms. The summed E-state index contributed by atoms with van der Waals surface area (Å²) in [7, 11) is 1.61. The number of hydrogen-bond donors (Lipinski definition) is 0. The van der Waals surface area contributed by atoms with Crippen molar-refractivity contribution in [3.8, 4) is 5.75 Å². The fraction of sp³-hybridized carbons (Fsp3) is 0.333. The molecular weight excluding hydrogens is 490 g/mol. The van der Waals surface area contributed by atoms with Crippen molar-refractivity contribution in [2.45, 2.75) is 38.8 Å². The van der Waals surface area contributed by atoms with Crippen LogP contribution in [0.25, 0.3) is 0 Å². The Kier molecular flexibility index (Phi) is 6.45. The Hall–Kier alpha value is -1.86. The molecular formula is C21H21Br2NO4. The molecule has 1 aliphatic rings. The molecule has 28 heavy (non-hydrogen) atoms. The molecule has 1 saturated heterocycles. The zero-order valence-electron chi connectivity index (χ0n) is 15.9. The molecule has 0 aliphatic carbocycles. The van der Waals surface area contributed by atoms with Crippen molar-refractivity contribution in [3.63, 3.8) is 0 Å². The van der Waals surface area contributed by atoms with Crippen LogP contribution in [-0.4, -0.2) is 31.1 Å². The first kappa shape index (κ1) is 20.9. The molecule has 2 aromatic rings. The van der Waals surface area contributed by atoms with E-state index in [4.69, 9.17) is 9.47 Å². The van der Waals surface area contributed by atoms with Gasteiger partial charge in [0.25, 0.3) is 5.91 Å². The second-order valence-electron chi connectivity index (χ2n) is 6.85. The highest BCUT2D eigenvalue weighted by molar-refractivity contribution is 9.11. The van der Waals surface area contributed by atoms with E-state index in [-0.39, 0.29) is 30.4 Å². The van der Waals surface area contributed by atoms with Crippen molar-refractivity contribution < 1.29 is 19.1 Å². The van der Waals surface area contributed by atoms with Crippen LogP contribution in [0.4, 0.5) is 5.69 Å². The van der Waals surface area contributed by atoms with Gasteiger partial charge in [-0.1, -0.05) is 15.9 Å². The van der Waals surface area contributed by atoms with E-state index in [1.807, 2.05) is 44.2 Å². The van der Waals surface area contributed by atoms with Gasteiger partial charge >= 0.3 is 5.97 Å². The van der Waals surface area contributed by atoms with Crippen LogP contribution in [0.5, 0.6) is 5.75 Å². The maximum Gasteiger partial charge on any atom is 0.308 e. The number of methoxy groups -OCH3 is 1. The van der Waals surface area contributed by atoms with Crippen molar-refractivity contribution in [3.05, 3.63) is 56.5 Å². The molecule has 3 rings (SSSR count). The molecule has 2 atom stereocenters. The monoisotopic (exact) mass is 509 g/mol. The lowest BCUT2D eigenvalue weighted by Crippen LogP contribution is -2.47. The number of carbonyl (C=O) groups excluding carboxylic acids is 2. The molecule has 0 saturated carbocycles. The molecule has 2 aromatic carbocycles. The fourth-order valence-electron chi connectivity index (χ4n) is 3.47. The third-order valence-corrected chi connectivity index (χ3v) is 5.90. The molecule has 0 spiro atoms. The molecule has 148 valence electrons. The predicted octanol–water partition coefficient (Wildman–Crippen LogP) is 5.27. The van der Waals surface area contributed by atoms with Gasteiger partial charge in [-0.2, -0.15) is 0 Å². The van der Waals surface area contributed by atoms with Crippen molar-refractivity contribution in [1.82, 2.24) is 0 Å². The second-order valence-corrected chi connectivity index (χ2v) is 8.62. The SMILES string of the molecule is COc1ccc(N(C(=O)c2ccc(Br)cc2Br)C2CC(=O)OC(C)C2)c(C)c1. The molecule has 0 aromatic heterocycles. The normalized spacial score (nSPS) is 19.1. The summed E-state index contributed by atoms with van der Waals surface area (Å²) in [6.45, 7) is 3.78. The molecule has 1 amide bonds. The molecule has 0 radical (unpaired) electrons. The van der Waals surface area contributed by atoms with Crippen molar-refractivity contribution in [2.75, 3.05) is 12.0 Å². The summed E-state index contributed by atoms with van der Waals surface area (Å²) in [5, 5.41) is 0. The van der Waals surface area contributed by atoms with Gasteiger partial charge in [0, 0.05) is 21.1 Å². The lowest BCUT2D eigenvalue weighted by atomic mass is 9.98. The number of ether oxygens (including phenoxy) is 2. The summed E-state index contributed by atoms with van der Waals surface area (Å²) in [6.07, 6.45) is 0.501. The first-order valence-corrected chi connectivity index (χ1v) is 10.5. The minimum atomic E-state index is -0.289. The summed E-state index contributed by atoms with van der Waals surface area (Å²) in [4.78, 5) is 27.4. The first-order valence-electron chi connectivity index (χ1n) is 8.93. The number of benzene rings is 2. The van der Waals surface area contributed by atoms with Gasteiger partial charge in [0.1, 0.15) is 11.9 Å². The number of esters is 1. The largest absolute Gasteiger partial charge is 0.497 e. The molecule has 0 bridgehead atoms. The summed E-state index contributed by atoms with van der Waals surface area (Å²) < 4.78 is 12.1. The summed E-state index contributed by atoms with van der Waals surface area (Å²) in [5.74, 6) is 0.261. The summed E-state index contributed by atoms with van der Waals surface area (Å²) in [6, 6.07) is 10.7. The molecule has 1 aliphatic heterocycles. The molecule has 0 N–H and O–H groups in total. The van der Waals surface area contributed by atoms with E-state index in [1.165, 1.54) is 0 Å². The van der Waals surface area contributed by atoms with Crippen LogP contribution in [0, 0.1) is 6.92 Å². The minimum absolute atomic E-state index is 0.162. The van der Waals surface area contributed by atoms with Crippen LogP contribution in [0.15, 0.2) is 45.3 Å². The van der Waals surface area contributed by atoms with E-state index in [9.17, 15) is 9.59 Å². The quantitative estimate of drug-likeness (QED) is 0.526. The predicted molar refractivity (Wildman–Crippen MR) is 115 cm³/mol. The number of cyclic esters (lactones) is 1. The van der Waals surface area contributed by atoms with Crippen LogP contribution in [0.3, 0.4) is 0 Å². The lowest BCUT2D eigenvalue weighted by Gasteiger charge is -2.37. The number of anilines is 1. The number of halogens is 2. The van der Waals surface area contributed by atoms with Crippen molar-refractivity contribution in [2.24, 2.45) is 0 Å². The maximum absolute atomic E-state index is 13.6. The van der Waals surface area contributed by atoms with Gasteiger partial charge in [-0.15, -0.1) is 0 Å². The van der Waals surface area contributed by atoms with E-state index in [0.29, 0.717) is 16.5 Å². The maximum atomic E-state index is 13.6. The highest BCUT2D eigenvalue weighted by Crippen LogP contribution is 2.33. The second kappa shape index (κ2) is 8.66. The minimum Gasteiger partial charge on any atom is -0.497 e. The number of nitrogens with zero attached hydrogens (tertiary/aromatic N) is 1. The van der Waals surface area contributed by atoms with E-state index >= 15 is 0 Å². The zero-order valence-corrected chi connectivity index (χ0v) is 19.0. The average molecular weight is 511 g/mol. The van der Waals surface area contributed by atoms with E-state index in [2.05, 4.69) is 31.9 Å². The molecule has 1 heterocycles.